The number of halogens is 1. The Morgan fingerprint density at radius 3 is 2.73 bits per heavy atom. The fourth-order valence-corrected chi connectivity index (χ4v) is 1.52. The van der Waals surface area contributed by atoms with E-state index in [1.165, 1.54) is 0 Å². The normalized spacial score (nSPS) is 13.4. The second kappa shape index (κ2) is 3.97. The van der Waals surface area contributed by atoms with Gasteiger partial charge >= 0.3 is 0 Å². The number of aromatic nitrogens is 1. The van der Waals surface area contributed by atoms with Crippen molar-refractivity contribution in [2.75, 3.05) is 13.3 Å². The highest BCUT2D eigenvalue weighted by Gasteiger charge is 1.94. The maximum Gasteiger partial charge on any atom is 0.106 e. The van der Waals surface area contributed by atoms with Crippen molar-refractivity contribution in [3.05, 3.63) is 22.8 Å². The van der Waals surface area contributed by atoms with Crippen LogP contribution in [0.25, 0.3) is 0 Å². The summed E-state index contributed by atoms with van der Waals surface area (Å²) in [7, 11) is 1.76. The summed E-state index contributed by atoms with van der Waals surface area (Å²) in [5, 5.41) is 1.04. The highest BCUT2D eigenvalue weighted by molar-refractivity contribution is 9.10. The zero-order valence-electron chi connectivity index (χ0n) is 6.41. The summed E-state index contributed by atoms with van der Waals surface area (Å²) in [4.78, 5) is 4.22. The predicted octanol–water partition coefficient (Wildman–Crippen LogP) is 2.26. The van der Waals surface area contributed by atoms with Crippen LogP contribution in [0.15, 0.2) is 32.2 Å². The second-order valence-corrected chi connectivity index (χ2v) is 4.63. The Labute approximate surface area is 77.3 Å². The number of pyridine rings is 1. The molecule has 0 bridgehead atoms. The third-order valence-electron chi connectivity index (χ3n) is 1.28. The molecule has 1 aromatic rings. The molecule has 0 aliphatic carbocycles. The van der Waals surface area contributed by atoms with E-state index in [1.807, 2.05) is 19.2 Å². The van der Waals surface area contributed by atoms with Gasteiger partial charge < -0.3 is 0 Å². The highest BCUT2D eigenvalue weighted by Crippen LogP contribution is 2.09. The maximum atomic E-state index is 4.22. The average Bonchev–Trinajstić information content (AvgIpc) is 2.05. The molecule has 0 aromatic carbocycles. The Morgan fingerprint density at radius 1 is 1.55 bits per heavy atom. The molecule has 0 spiro atoms. The molecule has 1 aromatic heterocycles. The van der Waals surface area contributed by atoms with Crippen LogP contribution in [0.2, 0.25) is 0 Å². The minimum atomic E-state index is -0.0556. The summed E-state index contributed by atoms with van der Waals surface area (Å²) < 4.78 is 5.15. The van der Waals surface area contributed by atoms with Crippen molar-refractivity contribution in [1.29, 1.82) is 0 Å². The van der Waals surface area contributed by atoms with E-state index >= 15 is 0 Å². The van der Waals surface area contributed by atoms with Crippen molar-refractivity contribution < 1.29 is 0 Å². The van der Waals surface area contributed by atoms with Crippen LogP contribution in [0.1, 0.15) is 0 Å². The standard InChI is InChI=1S/C7H9BrN2S/c1-9-11(2)7-4-3-6(8)5-10-7/h3-5H,1-2H3. The molecule has 11 heavy (non-hydrogen) atoms. The van der Waals surface area contributed by atoms with Crippen molar-refractivity contribution in [2.45, 2.75) is 5.03 Å². The number of rotatable bonds is 1. The third-order valence-corrected chi connectivity index (χ3v) is 3.14. The van der Waals surface area contributed by atoms with Crippen LogP contribution < -0.4 is 0 Å². The minimum absolute atomic E-state index is 0.0556. The van der Waals surface area contributed by atoms with Crippen LogP contribution in [0.3, 0.4) is 0 Å². The summed E-state index contributed by atoms with van der Waals surface area (Å²) in [5.74, 6) is 0. The van der Waals surface area contributed by atoms with E-state index in [-0.39, 0.29) is 10.7 Å². The van der Waals surface area contributed by atoms with Gasteiger partial charge in [-0.2, -0.15) is 0 Å². The molecule has 0 fully saturated rings. The summed E-state index contributed by atoms with van der Waals surface area (Å²) in [6.07, 6.45) is 3.85. The first-order chi connectivity index (χ1) is 5.24. The molecule has 1 unspecified atom stereocenters. The van der Waals surface area contributed by atoms with Gasteiger partial charge in [0.05, 0.1) is 0 Å². The number of hydrogen-bond donors (Lipinski definition) is 0. The molecule has 1 rings (SSSR count). The van der Waals surface area contributed by atoms with Gasteiger partial charge in [-0.15, -0.1) is 0 Å². The SMILES string of the molecule is C/N=S(\C)c1ccc(Br)cn1. The van der Waals surface area contributed by atoms with Crippen molar-refractivity contribution in [2.24, 2.45) is 4.36 Å². The largest absolute Gasteiger partial charge is 0.262 e. The van der Waals surface area contributed by atoms with E-state index in [2.05, 4.69) is 31.5 Å². The zero-order valence-corrected chi connectivity index (χ0v) is 8.82. The summed E-state index contributed by atoms with van der Waals surface area (Å²) >= 11 is 3.33. The lowest BCUT2D eigenvalue weighted by Gasteiger charge is -1.98. The Morgan fingerprint density at radius 2 is 2.27 bits per heavy atom. The molecule has 60 valence electrons. The van der Waals surface area contributed by atoms with Crippen molar-refractivity contribution >= 4 is 26.6 Å². The van der Waals surface area contributed by atoms with Crippen LogP contribution in [0.5, 0.6) is 0 Å². The first-order valence-corrected chi connectivity index (χ1v) is 5.50. The first kappa shape index (κ1) is 8.87. The molecule has 0 saturated heterocycles. The van der Waals surface area contributed by atoms with Crippen LogP contribution in [-0.4, -0.2) is 18.3 Å². The average molecular weight is 233 g/mol. The number of nitrogens with zero attached hydrogens (tertiary/aromatic N) is 2. The predicted molar refractivity (Wildman–Crippen MR) is 51.8 cm³/mol. The van der Waals surface area contributed by atoms with Gasteiger partial charge in [-0.05, 0) is 34.3 Å². The van der Waals surface area contributed by atoms with Crippen molar-refractivity contribution in [3.63, 3.8) is 0 Å². The monoisotopic (exact) mass is 232 g/mol. The van der Waals surface area contributed by atoms with Gasteiger partial charge in [0.25, 0.3) is 0 Å². The van der Waals surface area contributed by atoms with Crippen molar-refractivity contribution in [1.82, 2.24) is 4.98 Å². The van der Waals surface area contributed by atoms with Gasteiger partial charge in [0.1, 0.15) is 5.03 Å². The van der Waals surface area contributed by atoms with E-state index in [1.54, 1.807) is 6.20 Å². The lowest BCUT2D eigenvalue weighted by atomic mass is 10.5. The van der Waals surface area contributed by atoms with Gasteiger partial charge in [0.2, 0.25) is 0 Å². The van der Waals surface area contributed by atoms with Gasteiger partial charge in [0.15, 0.2) is 0 Å². The summed E-state index contributed by atoms with van der Waals surface area (Å²) in [6.45, 7) is 0. The Balaban J connectivity index is 2.99. The fourth-order valence-electron chi connectivity index (χ4n) is 0.631. The van der Waals surface area contributed by atoms with Crippen LogP contribution in [0.4, 0.5) is 0 Å². The molecule has 0 amide bonds. The third kappa shape index (κ3) is 2.38. The van der Waals surface area contributed by atoms with Crippen LogP contribution in [-0.2, 0) is 10.7 Å². The molecule has 2 nitrogen and oxygen atoms in total. The molecule has 0 aliphatic rings. The summed E-state index contributed by atoms with van der Waals surface area (Å²) in [6, 6.07) is 3.97. The van der Waals surface area contributed by atoms with Gasteiger partial charge in [-0.25, -0.2) is 4.98 Å². The maximum absolute atomic E-state index is 4.22. The molecule has 0 N–H and O–H groups in total. The second-order valence-electron chi connectivity index (χ2n) is 1.98. The van der Waals surface area contributed by atoms with Crippen LogP contribution in [0, 0.1) is 0 Å². The van der Waals surface area contributed by atoms with Crippen molar-refractivity contribution in [3.8, 4) is 0 Å². The Kier molecular flexibility index (Phi) is 3.20. The highest BCUT2D eigenvalue weighted by atomic mass is 79.9. The van der Waals surface area contributed by atoms with E-state index in [4.69, 9.17) is 0 Å². The lowest BCUT2D eigenvalue weighted by Crippen LogP contribution is -1.90. The van der Waals surface area contributed by atoms with Gasteiger partial charge in [-0.3, -0.25) is 4.36 Å². The molecular formula is C7H9BrN2S. The van der Waals surface area contributed by atoms with E-state index in [0.717, 1.165) is 9.50 Å². The smallest absolute Gasteiger partial charge is 0.106 e. The lowest BCUT2D eigenvalue weighted by molar-refractivity contribution is 1.12. The zero-order chi connectivity index (χ0) is 8.27. The number of hydrogen-bond acceptors (Lipinski definition) is 2. The molecule has 1 atom stereocenters. The minimum Gasteiger partial charge on any atom is -0.262 e. The molecule has 0 aliphatic heterocycles. The van der Waals surface area contributed by atoms with E-state index < -0.39 is 0 Å². The topological polar surface area (TPSA) is 25.2 Å². The molecule has 4 heteroatoms. The van der Waals surface area contributed by atoms with Gasteiger partial charge in [0, 0.05) is 17.7 Å². The molecular weight excluding hydrogens is 224 g/mol. The van der Waals surface area contributed by atoms with Gasteiger partial charge in [-0.1, -0.05) is 10.7 Å². The Hall–Kier alpha value is -0.220. The van der Waals surface area contributed by atoms with E-state index in [0.29, 0.717) is 0 Å². The molecule has 1 heterocycles. The first-order valence-electron chi connectivity index (χ1n) is 3.11. The quantitative estimate of drug-likeness (QED) is 0.730. The van der Waals surface area contributed by atoms with E-state index in [9.17, 15) is 0 Å². The Bertz CT molecular complexity index is 268. The summed E-state index contributed by atoms with van der Waals surface area (Å²) in [5.41, 5.74) is 0. The van der Waals surface area contributed by atoms with Crippen LogP contribution >= 0.6 is 15.9 Å². The fraction of sp³-hybridized carbons (Fsp3) is 0.286. The molecule has 0 radical (unpaired) electrons. The molecule has 0 saturated carbocycles.